The van der Waals surface area contributed by atoms with Crippen LogP contribution in [0.25, 0.3) is 0 Å². The van der Waals surface area contributed by atoms with Gasteiger partial charge >= 0.3 is 0 Å². The Bertz CT molecular complexity index is 328. The molecule has 1 nitrogen and oxygen atoms in total. The van der Waals surface area contributed by atoms with Gasteiger partial charge in [0.15, 0.2) is 0 Å². The molecule has 3 atom stereocenters. The molecule has 0 amide bonds. The normalized spacial score (nSPS) is 26.9. The van der Waals surface area contributed by atoms with Gasteiger partial charge in [0.05, 0.1) is 0 Å². The first-order valence-electron chi connectivity index (χ1n) is 6.48. The minimum Gasteiger partial charge on any atom is -0.307 e. The second-order valence-electron chi connectivity index (χ2n) is 5.41. The zero-order valence-electron chi connectivity index (χ0n) is 10.7. The number of hydrogen-bond acceptors (Lipinski definition) is 1. The average molecular weight is 217 g/mol. The molecule has 1 fully saturated rings. The molecule has 2 rings (SSSR count). The van der Waals surface area contributed by atoms with Gasteiger partial charge < -0.3 is 5.32 Å². The fourth-order valence-electron chi connectivity index (χ4n) is 2.66. The Hall–Kier alpha value is -0.820. The van der Waals surface area contributed by atoms with Gasteiger partial charge in [0.1, 0.15) is 0 Å². The topological polar surface area (TPSA) is 12.0 Å². The van der Waals surface area contributed by atoms with Crippen LogP contribution >= 0.6 is 0 Å². The quantitative estimate of drug-likeness (QED) is 0.811. The molecule has 0 bridgehead atoms. The van der Waals surface area contributed by atoms with Crippen LogP contribution in [-0.2, 0) is 0 Å². The highest BCUT2D eigenvalue weighted by Gasteiger charge is 2.22. The van der Waals surface area contributed by atoms with Crippen molar-refractivity contribution in [2.75, 3.05) is 0 Å². The summed E-state index contributed by atoms with van der Waals surface area (Å²) in [7, 11) is 0. The number of rotatable bonds is 3. The number of nitrogens with one attached hydrogen (secondary N) is 1. The van der Waals surface area contributed by atoms with Gasteiger partial charge in [-0.25, -0.2) is 0 Å². The van der Waals surface area contributed by atoms with Crippen molar-refractivity contribution in [1.82, 2.24) is 5.32 Å². The second kappa shape index (κ2) is 5.01. The lowest BCUT2D eigenvalue weighted by molar-refractivity contribution is 0.449. The van der Waals surface area contributed by atoms with Crippen LogP contribution in [0.5, 0.6) is 0 Å². The van der Waals surface area contributed by atoms with Crippen LogP contribution in [0.1, 0.15) is 50.3 Å². The molecule has 1 saturated carbocycles. The highest BCUT2D eigenvalue weighted by Crippen LogP contribution is 2.26. The lowest BCUT2D eigenvalue weighted by atomic mass is 10.0. The summed E-state index contributed by atoms with van der Waals surface area (Å²) in [6.07, 6.45) is 4.08. The van der Waals surface area contributed by atoms with E-state index >= 15 is 0 Å². The molecule has 1 aromatic carbocycles. The highest BCUT2D eigenvalue weighted by atomic mass is 14.9. The summed E-state index contributed by atoms with van der Waals surface area (Å²) < 4.78 is 0. The molecular weight excluding hydrogens is 194 g/mol. The third-order valence-electron chi connectivity index (χ3n) is 3.76. The van der Waals surface area contributed by atoms with Gasteiger partial charge in [0.2, 0.25) is 0 Å². The molecule has 0 radical (unpaired) electrons. The Morgan fingerprint density at radius 1 is 1.19 bits per heavy atom. The molecule has 1 aromatic rings. The first kappa shape index (κ1) is 11.7. The van der Waals surface area contributed by atoms with Crippen LogP contribution < -0.4 is 5.32 Å². The summed E-state index contributed by atoms with van der Waals surface area (Å²) >= 11 is 0. The number of aryl methyl sites for hydroxylation is 1. The smallest absolute Gasteiger partial charge is 0.0294 e. The lowest BCUT2D eigenvalue weighted by Crippen LogP contribution is -2.29. The highest BCUT2D eigenvalue weighted by molar-refractivity contribution is 5.23. The van der Waals surface area contributed by atoms with Crippen molar-refractivity contribution in [3.63, 3.8) is 0 Å². The van der Waals surface area contributed by atoms with Crippen LogP contribution in [0.3, 0.4) is 0 Å². The van der Waals surface area contributed by atoms with E-state index in [2.05, 4.69) is 50.4 Å². The van der Waals surface area contributed by atoms with Crippen LogP contribution in [0.2, 0.25) is 0 Å². The first-order valence-corrected chi connectivity index (χ1v) is 6.48. The fraction of sp³-hybridized carbons (Fsp3) is 0.600. The van der Waals surface area contributed by atoms with E-state index in [1.165, 1.54) is 30.4 Å². The maximum Gasteiger partial charge on any atom is 0.0294 e. The van der Waals surface area contributed by atoms with Gasteiger partial charge in [-0.3, -0.25) is 0 Å². The Morgan fingerprint density at radius 3 is 2.44 bits per heavy atom. The molecule has 0 spiro atoms. The molecule has 2 unspecified atom stereocenters. The zero-order valence-corrected chi connectivity index (χ0v) is 10.7. The average Bonchev–Trinajstić information content (AvgIpc) is 2.65. The standard InChI is InChI=1S/C15H23N/c1-11-4-7-14(8-5-11)13(3)16-15-9-6-12(2)10-15/h4-5,7-8,12-13,15-16H,6,9-10H2,1-3H3/t12?,13-,15?/m0/s1. The van der Waals surface area contributed by atoms with Crippen LogP contribution in [0.4, 0.5) is 0 Å². The van der Waals surface area contributed by atoms with E-state index in [1.54, 1.807) is 0 Å². The van der Waals surface area contributed by atoms with Gasteiger partial charge in [0, 0.05) is 12.1 Å². The van der Waals surface area contributed by atoms with Crippen LogP contribution in [0, 0.1) is 12.8 Å². The van der Waals surface area contributed by atoms with Crippen LogP contribution in [0.15, 0.2) is 24.3 Å². The lowest BCUT2D eigenvalue weighted by Gasteiger charge is -2.20. The van der Waals surface area contributed by atoms with E-state index in [0.29, 0.717) is 6.04 Å². The van der Waals surface area contributed by atoms with E-state index in [9.17, 15) is 0 Å². The van der Waals surface area contributed by atoms with Crippen molar-refractivity contribution in [2.24, 2.45) is 5.92 Å². The van der Waals surface area contributed by atoms with Gasteiger partial charge in [-0.05, 0) is 44.6 Å². The van der Waals surface area contributed by atoms with Crippen molar-refractivity contribution >= 4 is 0 Å². The Balaban J connectivity index is 1.92. The number of benzene rings is 1. The van der Waals surface area contributed by atoms with E-state index in [0.717, 1.165) is 12.0 Å². The Kier molecular flexibility index (Phi) is 3.65. The summed E-state index contributed by atoms with van der Waals surface area (Å²) in [5, 5.41) is 3.74. The largest absolute Gasteiger partial charge is 0.307 e. The maximum absolute atomic E-state index is 3.74. The van der Waals surface area contributed by atoms with Gasteiger partial charge in [-0.2, -0.15) is 0 Å². The maximum atomic E-state index is 3.74. The van der Waals surface area contributed by atoms with Crippen molar-refractivity contribution in [3.8, 4) is 0 Å². The molecule has 0 heterocycles. The molecule has 0 saturated heterocycles. The predicted octanol–water partition coefficient (Wildman–Crippen LogP) is 3.83. The molecule has 1 N–H and O–H groups in total. The third kappa shape index (κ3) is 2.85. The summed E-state index contributed by atoms with van der Waals surface area (Å²) in [5.41, 5.74) is 2.75. The minimum atomic E-state index is 0.482. The van der Waals surface area contributed by atoms with Crippen molar-refractivity contribution in [1.29, 1.82) is 0 Å². The summed E-state index contributed by atoms with van der Waals surface area (Å²) in [4.78, 5) is 0. The number of hydrogen-bond donors (Lipinski definition) is 1. The Morgan fingerprint density at radius 2 is 1.88 bits per heavy atom. The SMILES string of the molecule is Cc1ccc([C@H](C)NC2CCC(C)C2)cc1. The minimum absolute atomic E-state index is 0.482. The molecule has 1 heteroatoms. The van der Waals surface area contributed by atoms with E-state index in [-0.39, 0.29) is 0 Å². The molecule has 88 valence electrons. The molecule has 16 heavy (non-hydrogen) atoms. The van der Waals surface area contributed by atoms with E-state index < -0.39 is 0 Å². The second-order valence-corrected chi connectivity index (χ2v) is 5.41. The monoisotopic (exact) mass is 217 g/mol. The van der Waals surface area contributed by atoms with Crippen LogP contribution in [-0.4, -0.2) is 6.04 Å². The molecule has 1 aliphatic rings. The summed E-state index contributed by atoms with van der Waals surface area (Å²) in [6.45, 7) is 6.77. The fourth-order valence-corrected chi connectivity index (χ4v) is 2.66. The summed E-state index contributed by atoms with van der Waals surface area (Å²) in [5.74, 6) is 0.905. The van der Waals surface area contributed by atoms with Crippen molar-refractivity contribution < 1.29 is 0 Å². The first-order chi connectivity index (χ1) is 7.65. The van der Waals surface area contributed by atoms with E-state index in [1.807, 2.05) is 0 Å². The molecule has 1 aliphatic carbocycles. The zero-order chi connectivity index (χ0) is 11.5. The van der Waals surface area contributed by atoms with E-state index in [4.69, 9.17) is 0 Å². The molecule has 0 aromatic heterocycles. The van der Waals surface area contributed by atoms with Gasteiger partial charge in [0.25, 0.3) is 0 Å². The van der Waals surface area contributed by atoms with Gasteiger partial charge in [-0.1, -0.05) is 36.8 Å². The third-order valence-corrected chi connectivity index (χ3v) is 3.76. The predicted molar refractivity (Wildman–Crippen MR) is 69.5 cm³/mol. The van der Waals surface area contributed by atoms with Crippen molar-refractivity contribution in [3.05, 3.63) is 35.4 Å². The Labute approximate surface area is 99.3 Å². The van der Waals surface area contributed by atoms with Crippen molar-refractivity contribution in [2.45, 2.75) is 52.1 Å². The summed E-state index contributed by atoms with van der Waals surface area (Å²) in [6, 6.07) is 10.1. The molecule has 0 aliphatic heterocycles. The van der Waals surface area contributed by atoms with Gasteiger partial charge in [-0.15, -0.1) is 0 Å². The molecular formula is C15H23N.